The minimum Gasteiger partial charge on any atom is -0.478 e. The van der Waals surface area contributed by atoms with E-state index in [1.165, 1.54) is 24.3 Å². The lowest BCUT2D eigenvalue weighted by molar-refractivity contribution is -0.178. The average Bonchev–Trinajstić information content (AvgIpc) is 2.86. The Morgan fingerprint density at radius 2 is 1.95 bits per heavy atom. The maximum atomic E-state index is 11.9. The summed E-state index contributed by atoms with van der Waals surface area (Å²) in [7, 11) is 0. The molecule has 1 aromatic carbocycles. The zero-order chi connectivity index (χ0) is 15.5. The van der Waals surface area contributed by atoms with E-state index < -0.39 is 25.4 Å². The van der Waals surface area contributed by atoms with E-state index >= 15 is 0 Å². The van der Waals surface area contributed by atoms with Crippen molar-refractivity contribution in [2.45, 2.75) is 12.8 Å². The van der Waals surface area contributed by atoms with Crippen LogP contribution >= 0.6 is 0 Å². The van der Waals surface area contributed by atoms with Gasteiger partial charge in [0.1, 0.15) is 13.2 Å². The first-order chi connectivity index (χ1) is 9.85. The van der Waals surface area contributed by atoms with Crippen LogP contribution in [0.5, 0.6) is 0 Å². The molecular formula is C12H9F3N2O4. The number of carbonyl (C=O) groups is 1. The van der Waals surface area contributed by atoms with Crippen molar-refractivity contribution >= 4 is 5.97 Å². The molecule has 0 radical (unpaired) electrons. The van der Waals surface area contributed by atoms with Crippen LogP contribution in [0.2, 0.25) is 0 Å². The lowest BCUT2D eigenvalue weighted by atomic mass is 10.1. The monoisotopic (exact) mass is 302 g/mol. The summed E-state index contributed by atoms with van der Waals surface area (Å²) in [5, 5.41) is 12.3. The van der Waals surface area contributed by atoms with Gasteiger partial charge in [-0.15, -0.1) is 0 Å². The molecule has 0 aliphatic rings. The normalized spacial score (nSPS) is 11.6. The van der Waals surface area contributed by atoms with E-state index in [0.29, 0.717) is 5.56 Å². The quantitative estimate of drug-likeness (QED) is 0.913. The third-order valence-corrected chi connectivity index (χ3v) is 2.35. The molecule has 0 aliphatic carbocycles. The van der Waals surface area contributed by atoms with Crippen LogP contribution in [0.25, 0.3) is 11.4 Å². The van der Waals surface area contributed by atoms with Crippen LogP contribution < -0.4 is 0 Å². The molecule has 1 N–H and O–H groups in total. The van der Waals surface area contributed by atoms with Gasteiger partial charge in [0.05, 0.1) is 5.56 Å². The van der Waals surface area contributed by atoms with Crippen molar-refractivity contribution in [2.24, 2.45) is 0 Å². The number of rotatable bonds is 5. The highest BCUT2D eigenvalue weighted by molar-refractivity contribution is 5.88. The van der Waals surface area contributed by atoms with Gasteiger partial charge >= 0.3 is 12.1 Å². The SMILES string of the molecule is O=C(O)c1ccc(-c2noc(COCC(F)(F)F)n2)cc1. The number of benzene rings is 1. The van der Waals surface area contributed by atoms with Gasteiger partial charge in [0.2, 0.25) is 5.82 Å². The van der Waals surface area contributed by atoms with Crippen molar-refractivity contribution < 1.29 is 32.3 Å². The number of hydrogen-bond donors (Lipinski definition) is 1. The van der Waals surface area contributed by atoms with Crippen LogP contribution in [-0.4, -0.2) is 34.0 Å². The number of ether oxygens (including phenoxy) is 1. The summed E-state index contributed by atoms with van der Waals surface area (Å²) in [6.07, 6.45) is -4.42. The first-order valence-electron chi connectivity index (χ1n) is 5.66. The van der Waals surface area contributed by atoms with E-state index in [0.717, 1.165) is 0 Å². The van der Waals surface area contributed by atoms with Gasteiger partial charge < -0.3 is 14.4 Å². The molecule has 1 aromatic heterocycles. The molecule has 0 bridgehead atoms. The number of nitrogens with zero attached hydrogens (tertiary/aromatic N) is 2. The summed E-state index contributed by atoms with van der Waals surface area (Å²) in [6.45, 7) is -1.86. The van der Waals surface area contributed by atoms with Crippen molar-refractivity contribution in [1.29, 1.82) is 0 Å². The summed E-state index contributed by atoms with van der Waals surface area (Å²) < 4.78 is 44.8. The molecule has 0 amide bonds. The maximum absolute atomic E-state index is 11.9. The number of halogens is 3. The summed E-state index contributed by atoms with van der Waals surface area (Å²) in [6, 6.07) is 5.64. The summed E-state index contributed by atoms with van der Waals surface area (Å²) in [4.78, 5) is 14.6. The average molecular weight is 302 g/mol. The van der Waals surface area contributed by atoms with Crippen molar-refractivity contribution in [3.63, 3.8) is 0 Å². The second kappa shape index (κ2) is 5.92. The van der Waals surface area contributed by atoms with Gasteiger partial charge in [0.15, 0.2) is 0 Å². The smallest absolute Gasteiger partial charge is 0.411 e. The molecule has 1 heterocycles. The second-order valence-electron chi connectivity index (χ2n) is 4.00. The number of hydrogen-bond acceptors (Lipinski definition) is 5. The fourth-order valence-electron chi connectivity index (χ4n) is 1.45. The van der Waals surface area contributed by atoms with Gasteiger partial charge in [-0.2, -0.15) is 18.2 Å². The van der Waals surface area contributed by atoms with Gasteiger partial charge in [-0.25, -0.2) is 4.79 Å². The van der Waals surface area contributed by atoms with Crippen LogP contribution in [0.3, 0.4) is 0 Å². The Morgan fingerprint density at radius 1 is 1.29 bits per heavy atom. The molecule has 0 aliphatic heterocycles. The topological polar surface area (TPSA) is 85.5 Å². The van der Waals surface area contributed by atoms with E-state index in [4.69, 9.17) is 9.63 Å². The minimum atomic E-state index is -4.42. The van der Waals surface area contributed by atoms with Gasteiger partial charge in [-0.05, 0) is 12.1 Å². The Kier molecular flexibility index (Phi) is 4.22. The van der Waals surface area contributed by atoms with E-state index in [2.05, 4.69) is 14.9 Å². The van der Waals surface area contributed by atoms with E-state index in [1.807, 2.05) is 0 Å². The molecule has 0 atom stereocenters. The molecule has 0 unspecified atom stereocenters. The number of aromatic nitrogens is 2. The van der Waals surface area contributed by atoms with E-state index in [1.54, 1.807) is 0 Å². The molecule has 112 valence electrons. The highest BCUT2D eigenvalue weighted by atomic mass is 19.4. The Morgan fingerprint density at radius 3 is 2.52 bits per heavy atom. The standard InChI is InChI=1S/C12H9F3N2O4/c13-12(14,15)6-20-5-9-16-10(17-21-9)7-1-3-8(4-2-7)11(18)19/h1-4H,5-6H2,(H,18,19). The lowest BCUT2D eigenvalue weighted by Gasteiger charge is -2.04. The lowest BCUT2D eigenvalue weighted by Crippen LogP contribution is -2.16. The molecule has 0 spiro atoms. The fourth-order valence-corrected chi connectivity index (χ4v) is 1.45. The van der Waals surface area contributed by atoms with Crippen molar-refractivity contribution in [3.8, 4) is 11.4 Å². The van der Waals surface area contributed by atoms with E-state index in [9.17, 15) is 18.0 Å². The first kappa shape index (κ1) is 15.0. The molecule has 0 fully saturated rings. The second-order valence-corrected chi connectivity index (χ2v) is 4.00. The van der Waals surface area contributed by atoms with Crippen molar-refractivity contribution in [1.82, 2.24) is 10.1 Å². The van der Waals surface area contributed by atoms with Gasteiger partial charge in [0.25, 0.3) is 5.89 Å². The van der Waals surface area contributed by atoms with Crippen LogP contribution in [0.1, 0.15) is 16.2 Å². The summed E-state index contributed by atoms with van der Waals surface area (Å²) >= 11 is 0. The van der Waals surface area contributed by atoms with Crippen molar-refractivity contribution in [3.05, 3.63) is 35.7 Å². The molecule has 9 heteroatoms. The third-order valence-electron chi connectivity index (χ3n) is 2.35. The molecule has 0 saturated heterocycles. The van der Waals surface area contributed by atoms with Crippen LogP contribution in [0, 0.1) is 0 Å². The number of alkyl halides is 3. The maximum Gasteiger partial charge on any atom is 0.411 e. The predicted molar refractivity (Wildman–Crippen MR) is 62.4 cm³/mol. The highest BCUT2D eigenvalue weighted by Gasteiger charge is 2.27. The summed E-state index contributed by atoms with van der Waals surface area (Å²) in [5.41, 5.74) is 0.571. The van der Waals surface area contributed by atoms with Crippen LogP contribution in [0.4, 0.5) is 13.2 Å². The molecule has 0 saturated carbocycles. The largest absolute Gasteiger partial charge is 0.478 e. The Labute approximate surface area is 116 Å². The Balaban J connectivity index is 2.00. The molecule has 2 aromatic rings. The van der Waals surface area contributed by atoms with Crippen LogP contribution in [0.15, 0.2) is 28.8 Å². The Hall–Kier alpha value is -2.42. The van der Waals surface area contributed by atoms with Gasteiger partial charge in [0, 0.05) is 5.56 Å². The zero-order valence-corrected chi connectivity index (χ0v) is 10.4. The zero-order valence-electron chi connectivity index (χ0n) is 10.4. The fraction of sp³-hybridized carbons (Fsp3) is 0.250. The number of aromatic carboxylic acids is 1. The third kappa shape index (κ3) is 4.28. The van der Waals surface area contributed by atoms with Crippen LogP contribution in [-0.2, 0) is 11.3 Å². The molecular weight excluding hydrogens is 293 g/mol. The minimum absolute atomic E-state index is 0.0935. The molecule has 21 heavy (non-hydrogen) atoms. The Bertz CT molecular complexity index is 622. The van der Waals surface area contributed by atoms with Gasteiger partial charge in [-0.1, -0.05) is 17.3 Å². The highest BCUT2D eigenvalue weighted by Crippen LogP contribution is 2.18. The molecule has 2 rings (SSSR count). The molecule has 6 nitrogen and oxygen atoms in total. The first-order valence-corrected chi connectivity index (χ1v) is 5.66. The predicted octanol–water partition coefficient (Wildman–Crippen LogP) is 2.51. The van der Waals surface area contributed by atoms with Gasteiger partial charge in [-0.3, -0.25) is 0 Å². The number of carboxylic acids is 1. The summed E-state index contributed by atoms with van der Waals surface area (Å²) in [5.74, 6) is -1.04. The number of carboxylic acid groups (broad SMARTS) is 1. The van der Waals surface area contributed by atoms with E-state index in [-0.39, 0.29) is 17.3 Å². The van der Waals surface area contributed by atoms with Crippen molar-refractivity contribution in [2.75, 3.05) is 6.61 Å².